The Morgan fingerprint density at radius 1 is 1.16 bits per heavy atom. The molecule has 8 nitrogen and oxygen atoms in total. The number of rotatable bonds is 8. The summed E-state index contributed by atoms with van der Waals surface area (Å²) >= 11 is 1.30. The number of methoxy groups -OCH3 is 2. The van der Waals surface area contributed by atoms with E-state index >= 15 is 0 Å². The second kappa shape index (κ2) is 10.7. The number of benzene rings is 2. The number of nitrogens with zero attached hydrogens (tertiary/aromatic N) is 2. The minimum Gasteiger partial charge on any atom is -0.497 e. The molecule has 0 spiro atoms. The number of nitrogens with one attached hydrogen (secondary N) is 1. The van der Waals surface area contributed by atoms with E-state index in [4.69, 9.17) is 19.2 Å². The SMILES string of the molecule is CCCC1=C(C(=O)OCC)[C@@H](c2cc(OC)ccc2OC)n2c(s/c(=C\c3c[nH]c4ccccc34)c2=O)=N1. The van der Waals surface area contributed by atoms with Crippen molar-refractivity contribution in [2.24, 2.45) is 4.99 Å². The largest absolute Gasteiger partial charge is 0.497 e. The first-order valence-corrected chi connectivity index (χ1v) is 13.3. The van der Waals surface area contributed by atoms with Gasteiger partial charge in [-0.25, -0.2) is 9.79 Å². The monoisotopic (exact) mass is 531 g/mol. The zero-order valence-corrected chi connectivity index (χ0v) is 22.6. The van der Waals surface area contributed by atoms with Gasteiger partial charge in [-0.15, -0.1) is 0 Å². The maximum absolute atomic E-state index is 14.0. The number of para-hydroxylation sites is 1. The number of hydrogen-bond donors (Lipinski definition) is 1. The fraction of sp³-hybridized carbons (Fsp3) is 0.276. The molecular weight excluding hydrogens is 502 g/mol. The Morgan fingerprint density at radius 3 is 2.71 bits per heavy atom. The van der Waals surface area contributed by atoms with E-state index in [0.29, 0.717) is 44.1 Å². The van der Waals surface area contributed by atoms with Crippen molar-refractivity contribution in [2.45, 2.75) is 32.7 Å². The zero-order valence-electron chi connectivity index (χ0n) is 21.7. The topological polar surface area (TPSA) is 94.9 Å². The van der Waals surface area contributed by atoms with Crippen LogP contribution in [0, 0.1) is 0 Å². The second-order valence-corrected chi connectivity index (χ2v) is 9.82. The molecule has 4 aromatic rings. The number of H-pyrrole nitrogens is 1. The van der Waals surface area contributed by atoms with Crippen LogP contribution in [0.3, 0.4) is 0 Å². The first kappa shape index (κ1) is 25.5. The summed E-state index contributed by atoms with van der Waals surface area (Å²) < 4.78 is 18.8. The molecule has 9 heteroatoms. The maximum atomic E-state index is 14.0. The van der Waals surface area contributed by atoms with E-state index in [9.17, 15) is 9.59 Å². The molecule has 0 bridgehead atoms. The summed E-state index contributed by atoms with van der Waals surface area (Å²) in [5.41, 5.74) is 3.22. The standard InChI is InChI=1S/C29H29N3O5S/c1-5-9-22-25(28(34)37-6-2)26(20-15-18(35-3)12-13-23(20)36-4)32-27(33)24(38-29(32)31-22)14-17-16-30-21-11-8-7-10-19(17)21/h7-8,10-16,26,30H,5-6,9H2,1-4H3/b24-14-/t26-/m1/s1. The lowest BCUT2D eigenvalue weighted by Gasteiger charge is -2.27. The Hall–Kier alpha value is -4.11. The van der Waals surface area contributed by atoms with Crippen molar-refractivity contribution in [3.63, 3.8) is 0 Å². The van der Waals surface area contributed by atoms with Gasteiger partial charge in [0.2, 0.25) is 0 Å². The highest BCUT2D eigenvalue weighted by molar-refractivity contribution is 7.07. The van der Waals surface area contributed by atoms with Crippen LogP contribution >= 0.6 is 11.3 Å². The number of esters is 1. The Labute approximate surface area is 223 Å². The van der Waals surface area contributed by atoms with Gasteiger partial charge in [-0.1, -0.05) is 42.9 Å². The van der Waals surface area contributed by atoms with Crippen LogP contribution < -0.4 is 24.4 Å². The molecule has 2 aromatic carbocycles. The summed E-state index contributed by atoms with van der Waals surface area (Å²) in [4.78, 5) is 36.0. The number of aromatic nitrogens is 2. The van der Waals surface area contributed by atoms with Gasteiger partial charge in [-0.3, -0.25) is 9.36 Å². The van der Waals surface area contributed by atoms with Crippen molar-refractivity contribution >= 4 is 34.3 Å². The van der Waals surface area contributed by atoms with Crippen molar-refractivity contribution in [3.05, 3.63) is 90.7 Å². The zero-order chi connectivity index (χ0) is 26.8. The molecule has 5 rings (SSSR count). The van der Waals surface area contributed by atoms with Crippen LogP contribution in [-0.4, -0.2) is 36.3 Å². The number of carbonyl (C=O) groups excluding carboxylic acids is 1. The molecule has 0 unspecified atom stereocenters. The molecule has 196 valence electrons. The molecule has 0 amide bonds. The Balaban J connectivity index is 1.81. The van der Waals surface area contributed by atoms with Crippen LogP contribution in [0.1, 0.15) is 43.9 Å². The third-order valence-corrected chi connectivity index (χ3v) is 7.51. The van der Waals surface area contributed by atoms with Gasteiger partial charge in [0.05, 0.1) is 36.6 Å². The summed E-state index contributed by atoms with van der Waals surface area (Å²) in [7, 11) is 3.13. The molecule has 2 aromatic heterocycles. The van der Waals surface area contributed by atoms with Crippen LogP contribution in [0.4, 0.5) is 0 Å². The highest BCUT2D eigenvalue weighted by Crippen LogP contribution is 2.38. The number of hydrogen-bond acceptors (Lipinski definition) is 7. The smallest absolute Gasteiger partial charge is 0.338 e. The molecule has 0 saturated heterocycles. The summed E-state index contributed by atoms with van der Waals surface area (Å²) in [6, 6.07) is 12.5. The minimum atomic E-state index is -0.790. The number of aromatic amines is 1. The molecule has 0 aliphatic carbocycles. The fourth-order valence-electron chi connectivity index (χ4n) is 4.82. The predicted molar refractivity (Wildman–Crippen MR) is 147 cm³/mol. The summed E-state index contributed by atoms with van der Waals surface area (Å²) in [6.45, 7) is 3.99. The normalized spacial score (nSPS) is 15.4. The molecule has 1 N–H and O–H groups in total. The molecule has 1 aliphatic rings. The van der Waals surface area contributed by atoms with Gasteiger partial charge in [0.1, 0.15) is 17.5 Å². The molecule has 0 radical (unpaired) electrons. The highest BCUT2D eigenvalue weighted by atomic mass is 32.1. The number of ether oxygens (including phenoxy) is 3. The van der Waals surface area contributed by atoms with Crippen LogP contribution in [-0.2, 0) is 9.53 Å². The predicted octanol–water partition coefficient (Wildman–Crippen LogP) is 4.08. The van der Waals surface area contributed by atoms with E-state index < -0.39 is 12.0 Å². The third-order valence-electron chi connectivity index (χ3n) is 6.53. The van der Waals surface area contributed by atoms with Crippen LogP contribution in [0.25, 0.3) is 17.0 Å². The van der Waals surface area contributed by atoms with Crippen LogP contribution in [0.2, 0.25) is 0 Å². The van der Waals surface area contributed by atoms with Crippen LogP contribution in [0.15, 0.2) is 69.7 Å². The first-order valence-electron chi connectivity index (χ1n) is 12.5. The number of allylic oxidation sites excluding steroid dienone is 1. The fourth-order valence-corrected chi connectivity index (χ4v) is 5.83. The molecule has 3 heterocycles. The van der Waals surface area contributed by atoms with Gasteiger partial charge < -0.3 is 19.2 Å². The lowest BCUT2D eigenvalue weighted by molar-refractivity contribution is -0.139. The van der Waals surface area contributed by atoms with Crippen molar-refractivity contribution in [1.29, 1.82) is 0 Å². The van der Waals surface area contributed by atoms with Gasteiger partial charge in [-0.05, 0) is 43.7 Å². The molecule has 0 fully saturated rings. The minimum absolute atomic E-state index is 0.203. The molecule has 0 saturated carbocycles. The average molecular weight is 532 g/mol. The van der Waals surface area contributed by atoms with E-state index in [0.717, 1.165) is 22.9 Å². The van der Waals surface area contributed by atoms with E-state index in [1.54, 1.807) is 43.9 Å². The summed E-state index contributed by atoms with van der Waals surface area (Å²) in [5, 5.41) is 1.02. The Kier molecular flexibility index (Phi) is 7.20. The molecule has 38 heavy (non-hydrogen) atoms. The van der Waals surface area contributed by atoms with Crippen molar-refractivity contribution in [2.75, 3.05) is 20.8 Å². The quantitative estimate of drug-likeness (QED) is 0.346. The Morgan fingerprint density at radius 2 is 1.97 bits per heavy atom. The van der Waals surface area contributed by atoms with Crippen molar-refractivity contribution in [3.8, 4) is 11.5 Å². The maximum Gasteiger partial charge on any atom is 0.338 e. The number of thiazole rings is 1. The van der Waals surface area contributed by atoms with E-state index in [1.165, 1.54) is 11.3 Å². The molecule has 1 atom stereocenters. The van der Waals surface area contributed by atoms with Crippen molar-refractivity contribution < 1.29 is 19.0 Å². The van der Waals surface area contributed by atoms with Crippen molar-refractivity contribution in [1.82, 2.24) is 9.55 Å². The van der Waals surface area contributed by atoms with E-state index in [1.807, 2.05) is 43.5 Å². The average Bonchev–Trinajstić information content (AvgIpc) is 3.48. The summed E-state index contributed by atoms with van der Waals surface area (Å²) in [5.74, 6) is 0.612. The number of carbonyl (C=O) groups is 1. The molecular formula is C29H29N3O5S. The molecule has 1 aliphatic heterocycles. The Bertz CT molecular complexity index is 1730. The van der Waals surface area contributed by atoms with Gasteiger partial charge in [0.25, 0.3) is 5.56 Å². The lowest BCUT2D eigenvalue weighted by atomic mass is 9.93. The number of fused-ring (bicyclic) bond motifs is 2. The lowest BCUT2D eigenvalue weighted by Crippen LogP contribution is -2.40. The first-order chi connectivity index (χ1) is 18.5. The van der Waals surface area contributed by atoms with Gasteiger partial charge >= 0.3 is 5.97 Å². The van der Waals surface area contributed by atoms with Crippen LogP contribution in [0.5, 0.6) is 11.5 Å². The van der Waals surface area contributed by atoms with E-state index in [2.05, 4.69) is 4.98 Å². The summed E-state index contributed by atoms with van der Waals surface area (Å²) in [6.07, 6.45) is 5.09. The third kappa shape index (κ3) is 4.43. The van der Waals surface area contributed by atoms with Gasteiger partial charge in [0, 0.05) is 28.2 Å². The van der Waals surface area contributed by atoms with Gasteiger partial charge in [0.15, 0.2) is 4.80 Å². The van der Waals surface area contributed by atoms with E-state index in [-0.39, 0.29) is 12.2 Å². The second-order valence-electron chi connectivity index (χ2n) is 8.81. The highest BCUT2D eigenvalue weighted by Gasteiger charge is 2.36. The van der Waals surface area contributed by atoms with Gasteiger partial charge in [-0.2, -0.15) is 0 Å².